The van der Waals surface area contributed by atoms with Crippen LogP contribution in [0.15, 0.2) is 47.4 Å². The van der Waals surface area contributed by atoms with Gasteiger partial charge in [0.15, 0.2) is 0 Å². The number of amides is 2. The summed E-state index contributed by atoms with van der Waals surface area (Å²) < 4.78 is 0. The fraction of sp³-hybridized carbons (Fsp3) is 0.350. The topological polar surface area (TPSA) is 73.5 Å². The molecule has 2 aliphatic heterocycles. The van der Waals surface area contributed by atoms with E-state index in [9.17, 15) is 14.4 Å². The number of carbonyl (C=O) groups is 2. The molecule has 1 N–H and O–H groups in total. The fourth-order valence-corrected chi connectivity index (χ4v) is 3.89. The van der Waals surface area contributed by atoms with E-state index in [1.54, 1.807) is 11.0 Å². The number of benzene rings is 1. The summed E-state index contributed by atoms with van der Waals surface area (Å²) in [5.41, 5.74) is 2.31. The smallest absolute Gasteiger partial charge is 0.259 e. The number of carbonyl (C=O) groups excluding carboxylic acids is 2. The Balaban J connectivity index is 1.54. The van der Waals surface area contributed by atoms with Gasteiger partial charge >= 0.3 is 0 Å². The van der Waals surface area contributed by atoms with Crippen molar-refractivity contribution in [3.05, 3.63) is 64.1 Å². The number of aromatic nitrogens is 1. The average Bonchev–Trinajstić information content (AvgIpc) is 3.23. The predicted octanol–water partition coefficient (Wildman–Crippen LogP) is 2.13. The lowest BCUT2D eigenvalue weighted by molar-refractivity contribution is -0.127. The highest BCUT2D eigenvalue weighted by Gasteiger charge is 2.33. The molecule has 1 fully saturated rings. The SMILES string of the molecule is O=C1CCCN1CCC1CN(C(=O)c2ccc(=O)[nH]c2)c2ccccc21. The molecule has 2 aliphatic rings. The van der Waals surface area contributed by atoms with E-state index in [0.717, 1.165) is 37.2 Å². The Morgan fingerprint density at radius 2 is 2.00 bits per heavy atom. The molecule has 1 aromatic heterocycles. The van der Waals surface area contributed by atoms with Crippen molar-refractivity contribution in [2.45, 2.75) is 25.2 Å². The van der Waals surface area contributed by atoms with Crippen molar-refractivity contribution in [3.8, 4) is 0 Å². The minimum Gasteiger partial charge on any atom is -0.343 e. The molecule has 2 amide bonds. The van der Waals surface area contributed by atoms with Crippen LogP contribution in [-0.2, 0) is 4.79 Å². The molecule has 0 saturated carbocycles. The number of para-hydroxylation sites is 1. The van der Waals surface area contributed by atoms with Crippen molar-refractivity contribution in [1.29, 1.82) is 0 Å². The van der Waals surface area contributed by atoms with Crippen LogP contribution in [0.4, 0.5) is 5.69 Å². The van der Waals surface area contributed by atoms with Gasteiger partial charge in [0.2, 0.25) is 11.5 Å². The van der Waals surface area contributed by atoms with Gasteiger partial charge in [0, 0.05) is 49.9 Å². The van der Waals surface area contributed by atoms with E-state index in [4.69, 9.17) is 0 Å². The van der Waals surface area contributed by atoms with Crippen LogP contribution in [0.2, 0.25) is 0 Å². The zero-order valence-corrected chi connectivity index (χ0v) is 14.5. The van der Waals surface area contributed by atoms with E-state index in [0.29, 0.717) is 18.5 Å². The number of nitrogens with one attached hydrogen (secondary N) is 1. The Morgan fingerprint density at radius 1 is 1.15 bits per heavy atom. The number of rotatable bonds is 4. The Bertz CT molecular complexity index is 885. The zero-order chi connectivity index (χ0) is 18.1. The summed E-state index contributed by atoms with van der Waals surface area (Å²) in [5, 5.41) is 0. The first kappa shape index (κ1) is 16.6. The molecule has 6 nitrogen and oxygen atoms in total. The number of H-pyrrole nitrogens is 1. The fourth-order valence-electron chi connectivity index (χ4n) is 3.89. The molecular weight excluding hydrogens is 330 g/mol. The van der Waals surface area contributed by atoms with Crippen LogP contribution in [0, 0.1) is 0 Å². The molecule has 1 atom stereocenters. The molecular formula is C20H21N3O3. The first-order valence-electron chi connectivity index (χ1n) is 9.01. The van der Waals surface area contributed by atoms with Crippen LogP contribution < -0.4 is 10.5 Å². The van der Waals surface area contributed by atoms with Crippen LogP contribution in [0.5, 0.6) is 0 Å². The molecule has 6 heteroatoms. The summed E-state index contributed by atoms with van der Waals surface area (Å²) in [4.78, 5) is 42.3. The number of aromatic amines is 1. The Kier molecular flexibility index (Phi) is 4.32. The molecule has 2 aromatic rings. The third kappa shape index (κ3) is 3.03. The van der Waals surface area contributed by atoms with Crippen molar-refractivity contribution in [2.24, 2.45) is 0 Å². The van der Waals surface area contributed by atoms with Gasteiger partial charge in [-0.05, 0) is 30.5 Å². The maximum absolute atomic E-state index is 12.9. The lowest BCUT2D eigenvalue weighted by Crippen LogP contribution is -2.31. The number of likely N-dealkylation sites (tertiary alicyclic amines) is 1. The lowest BCUT2D eigenvalue weighted by Gasteiger charge is -2.20. The van der Waals surface area contributed by atoms with Gasteiger partial charge in [-0.15, -0.1) is 0 Å². The summed E-state index contributed by atoms with van der Waals surface area (Å²) in [5.74, 6) is 0.331. The standard InChI is InChI=1S/C20H21N3O3/c24-18-8-7-14(12-21-18)20(26)23-13-15(16-4-1-2-5-17(16)23)9-11-22-10-3-6-19(22)25/h1-2,4-5,7-8,12,15H,3,6,9-11,13H2,(H,21,24). The molecule has 0 radical (unpaired) electrons. The van der Waals surface area contributed by atoms with Gasteiger partial charge in [-0.2, -0.15) is 0 Å². The van der Waals surface area contributed by atoms with Crippen LogP contribution in [0.3, 0.4) is 0 Å². The summed E-state index contributed by atoms with van der Waals surface area (Å²) in [6, 6.07) is 10.9. The maximum atomic E-state index is 12.9. The first-order chi connectivity index (χ1) is 12.6. The Hall–Kier alpha value is -2.89. The van der Waals surface area contributed by atoms with E-state index in [2.05, 4.69) is 11.1 Å². The van der Waals surface area contributed by atoms with E-state index in [1.165, 1.54) is 12.3 Å². The van der Waals surface area contributed by atoms with E-state index in [-0.39, 0.29) is 23.3 Å². The van der Waals surface area contributed by atoms with Crippen LogP contribution in [-0.4, -0.2) is 41.3 Å². The average molecular weight is 351 g/mol. The normalized spacial score (nSPS) is 19.1. The Morgan fingerprint density at radius 3 is 2.73 bits per heavy atom. The molecule has 3 heterocycles. The number of nitrogens with zero attached hydrogens (tertiary/aromatic N) is 2. The van der Waals surface area contributed by atoms with Crippen LogP contribution in [0.25, 0.3) is 0 Å². The van der Waals surface area contributed by atoms with Crippen molar-refractivity contribution >= 4 is 17.5 Å². The van der Waals surface area contributed by atoms with Crippen LogP contribution in [0.1, 0.15) is 41.1 Å². The molecule has 1 unspecified atom stereocenters. The highest BCUT2D eigenvalue weighted by Crippen LogP contribution is 2.38. The van der Waals surface area contributed by atoms with Gasteiger partial charge in [0.05, 0.1) is 5.56 Å². The molecule has 0 aliphatic carbocycles. The number of fused-ring (bicyclic) bond motifs is 1. The van der Waals surface area contributed by atoms with Gasteiger partial charge in [-0.1, -0.05) is 18.2 Å². The molecule has 134 valence electrons. The number of hydrogen-bond donors (Lipinski definition) is 1. The van der Waals surface area contributed by atoms with Crippen LogP contribution >= 0.6 is 0 Å². The number of anilines is 1. The number of pyridine rings is 1. The largest absolute Gasteiger partial charge is 0.343 e. The molecule has 1 aromatic carbocycles. The van der Waals surface area contributed by atoms with Gasteiger partial charge in [0.1, 0.15) is 0 Å². The monoisotopic (exact) mass is 351 g/mol. The van der Waals surface area contributed by atoms with E-state index in [1.807, 2.05) is 23.1 Å². The van der Waals surface area contributed by atoms with Crippen molar-refractivity contribution < 1.29 is 9.59 Å². The Labute approximate surface area is 151 Å². The second-order valence-corrected chi connectivity index (χ2v) is 6.89. The highest BCUT2D eigenvalue weighted by molar-refractivity contribution is 6.07. The first-order valence-corrected chi connectivity index (χ1v) is 9.01. The van der Waals surface area contributed by atoms with Crippen molar-refractivity contribution in [2.75, 3.05) is 24.5 Å². The summed E-state index contributed by atoms with van der Waals surface area (Å²) in [6.45, 7) is 2.17. The van der Waals surface area contributed by atoms with E-state index >= 15 is 0 Å². The third-order valence-electron chi connectivity index (χ3n) is 5.27. The molecule has 26 heavy (non-hydrogen) atoms. The zero-order valence-electron chi connectivity index (χ0n) is 14.5. The minimum atomic E-state index is -0.225. The quantitative estimate of drug-likeness (QED) is 0.917. The van der Waals surface area contributed by atoms with Gasteiger partial charge < -0.3 is 14.8 Å². The molecule has 1 saturated heterocycles. The lowest BCUT2D eigenvalue weighted by atomic mass is 9.98. The number of hydrogen-bond acceptors (Lipinski definition) is 3. The summed E-state index contributed by atoms with van der Waals surface area (Å²) in [6.07, 6.45) is 3.90. The van der Waals surface area contributed by atoms with Crippen molar-refractivity contribution in [3.63, 3.8) is 0 Å². The summed E-state index contributed by atoms with van der Waals surface area (Å²) in [7, 11) is 0. The second-order valence-electron chi connectivity index (χ2n) is 6.89. The minimum absolute atomic E-state index is 0.117. The summed E-state index contributed by atoms with van der Waals surface area (Å²) >= 11 is 0. The molecule has 4 rings (SSSR count). The van der Waals surface area contributed by atoms with Gasteiger partial charge in [-0.25, -0.2) is 0 Å². The molecule has 0 spiro atoms. The predicted molar refractivity (Wildman–Crippen MR) is 98.4 cm³/mol. The van der Waals surface area contributed by atoms with Crippen molar-refractivity contribution in [1.82, 2.24) is 9.88 Å². The maximum Gasteiger partial charge on any atom is 0.259 e. The molecule has 0 bridgehead atoms. The second kappa shape index (κ2) is 6.78. The third-order valence-corrected chi connectivity index (χ3v) is 5.27. The van der Waals surface area contributed by atoms with E-state index < -0.39 is 0 Å². The van der Waals surface area contributed by atoms with Gasteiger partial charge in [-0.3, -0.25) is 14.4 Å². The highest BCUT2D eigenvalue weighted by atomic mass is 16.2. The van der Waals surface area contributed by atoms with Gasteiger partial charge in [0.25, 0.3) is 5.91 Å².